The number of esters is 1. The lowest BCUT2D eigenvalue weighted by atomic mass is 9.88. The highest BCUT2D eigenvalue weighted by Crippen LogP contribution is 2.38. The van der Waals surface area contributed by atoms with E-state index < -0.39 is 0 Å². The van der Waals surface area contributed by atoms with Gasteiger partial charge in [-0.3, -0.25) is 0 Å². The van der Waals surface area contributed by atoms with Crippen LogP contribution in [0.5, 0.6) is 0 Å². The van der Waals surface area contributed by atoms with E-state index in [-0.39, 0.29) is 5.97 Å². The van der Waals surface area contributed by atoms with Crippen LogP contribution in [0.3, 0.4) is 0 Å². The smallest absolute Gasteiger partial charge is 0.339 e. The molecule has 0 N–H and O–H groups in total. The van der Waals surface area contributed by atoms with Crippen LogP contribution >= 0.6 is 0 Å². The van der Waals surface area contributed by atoms with Crippen molar-refractivity contribution in [1.82, 2.24) is 0 Å². The maximum atomic E-state index is 13.3. The summed E-state index contributed by atoms with van der Waals surface area (Å²) >= 11 is 0. The van der Waals surface area contributed by atoms with Crippen LogP contribution in [0.15, 0.2) is 167 Å². The maximum absolute atomic E-state index is 13.3. The van der Waals surface area contributed by atoms with Crippen molar-refractivity contribution >= 4 is 18.1 Å². The highest BCUT2D eigenvalue weighted by atomic mass is 16.5. The number of ether oxygens (including phenoxy) is 1. The van der Waals surface area contributed by atoms with Gasteiger partial charge in [0.05, 0.1) is 12.7 Å². The van der Waals surface area contributed by atoms with Gasteiger partial charge in [-0.15, -0.1) is 0 Å². The normalized spacial score (nSPS) is 16.1. The maximum Gasteiger partial charge on any atom is 0.339 e. The molecule has 0 radical (unpaired) electrons. The van der Waals surface area contributed by atoms with Gasteiger partial charge in [0.2, 0.25) is 0 Å². The number of benzene rings is 2. The first-order valence-electron chi connectivity index (χ1n) is 13.6. The number of allylic oxidation sites excluding steroid dienone is 16. The van der Waals surface area contributed by atoms with Crippen molar-refractivity contribution in [3.8, 4) is 0 Å². The molecule has 0 fully saturated rings. The summed E-state index contributed by atoms with van der Waals surface area (Å²) in [5.74, 6) is -0.0217. The zero-order valence-corrected chi connectivity index (χ0v) is 23.7. The van der Waals surface area contributed by atoms with Crippen LogP contribution in [-0.2, 0) is 9.53 Å². The van der Waals surface area contributed by atoms with Gasteiger partial charge in [0.25, 0.3) is 0 Å². The summed E-state index contributed by atoms with van der Waals surface area (Å²) in [4.78, 5) is 13.3. The monoisotopic (exact) mass is 524 g/mol. The number of carbonyl (C=O) groups is 1. The second-order valence-corrected chi connectivity index (χ2v) is 9.97. The lowest BCUT2D eigenvalue weighted by molar-refractivity contribution is -0.135. The molecule has 0 unspecified atom stereocenters. The minimum Gasteiger partial charge on any atom is -0.465 e. The minimum atomic E-state index is -0.354. The van der Waals surface area contributed by atoms with Crippen LogP contribution in [0.4, 0.5) is 0 Å². The van der Waals surface area contributed by atoms with Crippen molar-refractivity contribution in [3.63, 3.8) is 0 Å². The van der Waals surface area contributed by atoms with Crippen molar-refractivity contribution in [2.24, 2.45) is 5.92 Å². The van der Waals surface area contributed by atoms with Gasteiger partial charge < -0.3 is 4.74 Å². The van der Waals surface area contributed by atoms with Gasteiger partial charge in [-0.1, -0.05) is 153 Å². The first-order chi connectivity index (χ1) is 19.5. The molecule has 2 aliphatic carbocycles. The molecular weight excluding hydrogens is 488 g/mol. The standard InChI is InChI=1S/C38H36O2/c1-28(2)34-24-23-29(3)36-35(27-34)32(21-13-11-19-30-15-7-5-8-16-30)25-26-33(37(36)38(39)40-4)22-14-12-20-31-17-9-6-10-18-31/h5-28H,1-4H3/b19-11+,20-12+,21-13+,22-14+. The van der Waals surface area contributed by atoms with Gasteiger partial charge in [0, 0.05) is 5.57 Å². The van der Waals surface area contributed by atoms with Crippen LogP contribution < -0.4 is 0 Å². The predicted molar refractivity (Wildman–Crippen MR) is 169 cm³/mol. The SMILES string of the molecule is COC(=O)C1=C(/C=C/C=C/c2ccccc2)C=CC(/C=C/C=C/c2ccccc2)=C2C=C(C(C)C)C=CC(C)=C21. The van der Waals surface area contributed by atoms with Gasteiger partial charge in [0.15, 0.2) is 0 Å². The number of rotatable bonds is 8. The van der Waals surface area contributed by atoms with Crippen LogP contribution in [-0.4, -0.2) is 13.1 Å². The van der Waals surface area contributed by atoms with E-state index in [1.54, 1.807) is 0 Å². The Hall–Kier alpha value is -4.69. The molecule has 0 aromatic heterocycles. The van der Waals surface area contributed by atoms with Gasteiger partial charge in [-0.25, -0.2) is 4.79 Å². The molecule has 0 saturated heterocycles. The van der Waals surface area contributed by atoms with Crippen LogP contribution in [0.25, 0.3) is 12.2 Å². The highest BCUT2D eigenvalue weighted by Gasteiger charge is 2.26. The van der Waals surface area contributed by atoms with E-state index in [2.05, 4.69) is 87.6 Å². The molecular formula is C38H36O2. The summed E-state index contributed by atoms with van der Waals surface area (Å²) in [6.07, 6.45) is 26.8. The largest absolute Gasteiger partial charge is 0.465 e. The average Bonchev–Trinajstić information content (AvgIpc) is 3.23. The second kappa shape index (κ2) is 13.9. The van der Waals surface area contributed by atoms with Crippen LogP contribution in [0.1, 0.15) is 31.9 Å². The molecule has 0 aliphatic heterocycles. The third-order valence-corrected chi connectivity index (χ3v) is 6.80. The van der Waals surface area contributed by atoms with E-state index in [0.717, 1.165) is 39.0 Å². The fraction of sp³-hybridized carbons (Fsp3) is 0.132. The Morgan fingerprint density at radius 2 is 1.23 bits per heavy atom. The van der Waals surface area contributed by atoms with Gasteiger partial charge in [-0.05, 0) is 51.8 Å². The number of carbonyl (C=O) groups excluding carboxylic acids is 1. The summed E-state index contributed by atoms with van der Waals surface area (Å²) in [7, 11) is 1.44. The Bertz CT molecular complexity index is 1530. The third-order valence-electron chi connectivity index (χ3n) is 6.80. The van der Waals surface area contributed by atoms with Gasteiger partial charge in [-0.2, -0.15) is 0 Å². The van der Waals surface area contributed by atoms with E-state index in [1.165, 1.54) is 12.7 Å². The molecule has 2 aromatic carbocycles. The summed E-state index contributed by atoms with van der Waals surface area (Å²) in [5.41, 5.74) is 8.77. The summed E-state index contributed by atoms with van der Waals surface area (Å²) in [6, 6.07) is 20.4. The van der Waals surface area contributed by atoms with E-state index in [4.69, 9.17) is 4.74 Å². The molecule has 0 atom stereocenters. The summed E-state index contributed by atoms with van der Waals surface area (Å²) in [5, 5.41) is 0. The molecule has 2 aliphatic rings. The van der Waals surface area contributed by atoms with Crippen molar-refractivity contribution in [2.45, 2.75) is 20.8 Å². The zero-order valence-electron chi connectivity index (χ0n) is 23.7. The van der Waals surface area contributed by atoms with Gasteiger partial charge >= 0.3 is 5.97 Å². The Kier molecular flexibility index (Phi) is 9.85. The highest BCUT2D eigenvalue weighted by molar-refractivity contribution is 5.99. The molecule has 0 saturated carbocycles. The number of methoxy groups -OCH3 is 1. The first-order valence-corrected chi connectivity index (χ1v) is 13.6. The molecule has 2 aromatic rings. The number of fused-ring (bicyclic) bond motifs is 1. The third kappa shape index (κ3) is 7.24. The molecule has 2 nitrogen and oxygen atoms in total. The molecule has 4 rings (SSSR count). The minimum absolute atomic E-state index is 0.333. The number of hydrogen-bond donors (Lipinski definition) is 0. The molecule has 0 heterocycles. The Morgan fingerprint density at radius 1 is 0.700 bits per heavy atom. The molecule has 0 bridgehead atoms. The molecule has 200 valence electrons. The van der Waals surface area contributed by atoms with Gasteiger partial charge in [0.1, 0.15) is 0 Å². The summed E-state index contributed by atoms with van der Waals surface area (Å²) < 4.78 is 5.33. The fourth-order valence-corrected chi connectivity index (χ4v) is 4.61. The zero-order chi connectivity index (χ0) is 28.3. The van der Waals surface area contributed by atoms with E-state index >= 15 is 0 Å². The lowest BCUT2D eigenvalue weighted by Gasteiger charge is -2.16. The number of hydrogen-bond acceptors (Lipinski definition) is 2. The van der Waals surface area contributed by atoms with Crippen LogP contribution in [0.2, 0.25) is 0 Å². The van der Waals surface area contributed by atoms with Crippen LogP contribution in [0, 0.1) is 5.92 Å². The van der Waals surface area contributed by atoms with Crippen molar-refractivity contribution < 1.29 is 9.53 Å². The quantitative estimate of drug-likeness (QED) is 0.254. The Morgan fingerprint density at radius 3 is 1.77 bits per heavy atom. The first kappa shape index (κ1) is 28.3. The lowest BCUT2D eigenvalue weighted by Crippen LogP contribution is -2.11. The topological polar surface area (TPSA) is 26.3 Å². The molecule has 2 heteroatoms. The Balaban J connectivity index is 1.81. The van der Waals surface area contributed by atoms with E-state index in [1.807, 2.05) is 72.9 Å². The van der Waals surface area contributed by atoms with E-state index in [9.17, 15) is 4.79 Å². The van der Waals surface area contributed by atoms with E-state index in [0.29, 0.717) is 11.5 Å². The summed E-state index contributed by atoms with van der Waals surface area (Å²) in [6.45, 7) is 6.43. The molecule has 0 spiro atoms. The average molecular weight is 525 g/mol. The molecule has 0 amide bonds. The Labute approximate surface area is 238 Å². The fourth-order valence-electron chi connectivity index (χ4n) is 4.61. The predicted octanol–water partition coefficient (Wildman–Crippen LogP) is 9.33. The second-order valence-electron chi connectivity index (χ2n) is 9.97. The van der Waals surface area contributed by atoms with Crippen molar-refractivity contribution in [2.75, 3.05) is 7.11 Å². The van der Waals surface area contributed by atoms with Crippen molar-refractivity contribution in [1.29, 1.82) is 0 Å². The molecule has 40 heavy (non-hydrogen) atoms. The van der Waals surface area contributed by atoms with Crippen molar-refractivity contribution in [3.05, 3.63) is 178 Å².